The maximum Gasteiger partial charge on any atom is 0.282 e. The van der Waals surface area contributed by atoms with Gasteiger partial charge in [-0.25, -0.2) is 4.98 Å². The SMILES string of the molecule is COc1cc2nc(C)n(/N=C\c3cccc([N+](=O)[O-])c3)c(=O)c2cc1OC. The normalized spacial score (nSPS) is 11.1. The topological polar surface area (TPSA) is 109 Å². The Labute approximate surface area is 153 Å². The molecule has 3 aromatic rings. The molecule has 9 heteroatoms. The first kappa shape index (κ1) is 18.1. The van der Waals surface area contributed by atoms with Gasteiger partial charge in [0.2, 0.25) is 0 Å². The van der Waals surface area contributed by atoms with Gasteiger partial charge in [0.1, 0.15) is 5.82 Å². The van der Waals surface area contributed by atoms with Crippen LogP contribution in [-0.2, 0) is 0 Å². The fourth-order valence-electron chi connectivity index (χ4n) is 2.59. The number of ether oxygens (including phenoxy) is 2. The minimum Gasteiger partial charge on any atom is -0.493 e. The van der Waals surface area contributed by atoms with Gasteiger partial charge in [-0.1, -0.05) is 12.1 Å². The molecule has 0 radical (unpaired) electrons. The summed E-state index contributed by atoms with van der Waals surface area (Å²) >= 11 is 0. The van der Waals surface area contributed by atoms with Crippen LogP contribution in [0.15, 0.2) is 46.3 Å². The summed E-state index contributed by atoms with van der Waals surface area (Å²) in [5, 5.41) is 15.3. The van der Waals surface area contributed by atoms with E-state index in [1.807, 2.05) is 0 Å². The fraction of sp³-hybridized carbons (Fsp3) is 0.167. The van der Waals surface area contributed by atoms with Crippen molar-refractivity contribution in [2.45, 2.75) is 6.92 Å². The number of fused-ring (bicyclic) bond motifs is 1. The molecule has 1 heterocycles. The standard InChI is InChI=1S/C18H16N4O5/c1-11-20-15-9-17(27-3)16(26-2)8-14(15)18(23)21(11)19-10-12-5-4-6-13(7-12)22(24)25/h4-10H,1-3H3/b19-10-. The van der Waals surface area contributed by atoms with Gasteiger partial charge in [-0.05, 0) is 13.0 Å². The summed E-state index contributed by atoms with van der Waals surface area (Å²) in [4.78, 5) is 27.6. The van der Waals surface area contributed by atoms with Crippen LogP contribution in [0.2, 0.25) is 0 Å². The second kappa shape index (κ2) is 7.24. The number of nitro benzene ring substituents is 1. The minimum absolute atomic E-state index is 0.0588. The van der Waals surface area contributed by atoms with Gasteiger partial charge in [0, 0.05) is 23.8 Å². The minimum atomic E-state index is -0.494. The molecule has 1 aromatic heterocycles. The van der Waals surface area contributed by atoms with Crippen molar-refractivity contribution in [1.29, 1.82) is 0 Å². The van der Waals surface area contributed by atoms with Gasteiger partial charge in [0.25, 0.3) is 11.2 Å². The molecule has 0 aliphatic heterocycles. The predicted octanol–water partition coefficient (Wildman–Crippen LogP) is 2.51. The third-order valence-corrected chi connectivity index (χ3v) is 3.92. The number of nitrogens with zero attached hydrogens (tertiary/aromatic N) is 4. The number of methoxy groups -OCH3 is 2. The molecule has 0 unspecified atom stereocenters. The Morgan fingerprint density at radius 2 is 1.89 bits per heavy atom. The van der Waals surface area contributed by atoms with Gasteiger partial charge < -0.3 is 9.47 Å². The zero-order valence-electron chi connectivity index (χ0n) is 14.9. The lowest BCUT2D eigenvalue weighted by molar-refractivity contribution is -0.384. The van der Waals surface area contributed by atoms with Crippen LogP contribution in [0.25, 0.3) is 10.9 Å². The van der Waals surface area contributed by atoms with Crippen molar-refractivity contribution < 1.29 is 14.4 Å². The highest BCUT2D eigenvalue weighted by Gasteiger charge is 2.13. The third kappa shape index (κ3) is 3.47. The Bertz CT molecular complexity index is 1120. The van der Waals surface area contributed by atoms with Crippen LogP contribution in [0.5, 0.6) is 11.5 Å². The molecule has 0 spiro atoms. The van der Waals surface area contributed by atoms with Crippen LogP contribution in [0.1, 0.15) is 11.4 Å². The number of aromatic nitrogens is 2. The van der Waals surface area contributed by atoms with Crippen LogP contribution in [0.4, 0.5) is 5.69 Å². The largest absolute Gasteiger partial charge is 0.493 e. The average molecular weight is 368 g/mol. The van der Waals surface area contributed by atoms with E-state index in [0.29, 0.717) is 33.8 Å². The molecule has 0 N–H and O–H groups in total. The summed E-state index contributed by atoms with van der Waals surface area (Å²) in [6, 6.07) is 9.11. The summed E-state index contributed by atoms with van der Waals surface area (Å²) in [6.07, 6.45) is 1.37. The maximum absolute atomic E-state index is 12.8. The monoisotopic (exact) mass is 368 g/mol. The highest BCUT2D eigenvalue weighted by Crippen LogP contribution is 2.30. The molecule has 0 saturated heterocycles. The summed E-state index contributed by atoms with van der Waals surface area (Å²) < 4.78 is 11.6. The zero-order valence-corrected chi connectivity index (χ0v) is 14.9. The van der Waals surface area contributed by atoms with Crippen molar-refractivity contribution >= 4 is 22.8 Å². The van der Waals surface area contributed by atoms with E-state index in [2.05, 4.69) is 10.1 Å². The lowest BCUT2D eigenvalue weighted by atomic mass is 10.2. The van der Waals surface area contributed by atoms with Crippen LogP contribution in [-0.4, -0.2) is 35.0 Å². The number of non-ortho nitro benzene ring substituents is 1. The van der Waals surface area contributed by atoms with Gasteiger partial charge in [0.05, 0.1) is 36.3 Å². The third-order valence-electron chi connectivity index (χ3n) is 3.92. The predicted molar refractivity (Wildman–Crippen MR) is 99.9 cm³/mol. The molecule has 27 heavy (non-hydrogen) atoms. The van der Waals surface area contributed by atoms with E-state index >= 15 is 0 Å². The molecule has 0 aliphatic carbocycles. The van der Waals surface area contributed by atoms with Crippen molar-refractivity contribution in [2.75, 3.05) is 14.2 Å². The molecule has 138 valence electrons. The van der Waals surface area contributed by atoms with E-state index in [-0.39, 0.29) is 11.2 Å². The lowest BCUT2D eigenvalue weighted by Gasteiger charge is -2.10. The second-order valence-electron chi connectivity index (χ2n) is 5.60. The van der Waals surface area contributed by atoms with Crippen LogP contribution < -0.4 is 15.0 Å². The Kier molecular flexibility index (Phi) is 4.84. The number of hydrogen-bond acceptors (Lipinski definition) is 7. The first-order valence-corrected chi connectivity index (χ1v) is 7.88. The summed E-state index contributed by atoms with van der Waals surface area (Å²) in [7, 11) is 2.98. The summed E-state index contributed by atoms with van der Waals surface area (Å²) in [5.41, 5.74) is 0.497. The zero-order chi connectivity index (χ0) is 19.6. The van der Waals surface area contributed by atoms with Crippen molar-refractivity contribution in [2.24, 2.45) is 5.10 Å². The lowest BCUT2D eigenvalue weighted by Crippen LogP contribution is -2.20. The van der Waals surface area contributed by atoms with E-state index in [1.54, 1.807) is 31.2 Å². The molecule has 0 saturated carbocycles. The molecule has 0 bridgehead atoms. The first-order valence-electron chi connectivity index (χ1n) is 7.88. The maximum atomic E-state index is 12.8. The van der Waals surface area contributed by atoms with E-state index < -0.39 is 4.92 Å². The number of nitro groups is 1. The van der Waals surface area contributed by atoms with Crippen molar-refractivity contribution in [3.8, 4) is 11.5 Å². The Balaban J connectivity index is 2.10. The number of rotatable bonds is 5. The van der Waals surface area contributed by atoms with Crippen LogP contribution in [0, 0.1) is 17.0 Å². The second-order valence-corrected chi connectivity index (χ2v) is 5.60. The summed E-state index contributed by atoms with van der Waals surface area (Å²) in [5.74, 6) is 1.23. The Morgan fingerprint density at radius 1 is 1.19 bits per heavy atom. The van der Waals surface area contributed by atoms with Crippen molar-refractivity contribution in [1.82, 2.24) is 9.66 Å². The average Bonchev–Trinajstić information content (AvgIpc) is 2.67. The molecule has 3 rings (SSSR count). The molecular formula is C18H16N4O5. The van der Waals surface area contributed by atoms with E-state index in [1.165, 1.54) is 32.6 Å². The van der Waals surface area contributed by atoms with E-state index in [0.717, 1.165) is 4.68 Å². The van der Waals surface area contributed by atoms with Crippen molar-refractivity contribution in [3.05, 3.63) is 68.3 Å². The van der Waals surface area contributed by atoms with Gasteiger partial charge in [0.15, 0.2) is 11.5 Å². The molecule has 0 fully saturated rings. The Hall–Kier alpha value is -3.75. The summed E-state index contributed by atoms with van der Waals surface area (Å²) in [6.45, 7) is 1.64. The van der Waals surface area contributed by atoms with Crippen LogP contribution in [0.3, 0.4) is 0 Å². The Morgan fingerprint density at radius 3 is 2.56 bits per heavy atom. The number of benzene rings is 2. The molecule has 2 aromatic carbocycles. The van der Waals surface area contributed by atoms with Gasteiger partial charge in [-0.3, -0.25) is 14.9 Å². The molecule has 0 aliphatic rings. The quantitative estimate of drug-likeness (QED) is 0.389. The van der Waals surface area contributed by atoms with Crippen LogP contribution >= 0.6 is 0 Å². The highest BCUT2D eigenvalue weighted by atomic mass is 16.6. The highest BCUT2D eigenvalue weighted by molar-refractivity contribution is 5.83. The molecule has 9 nitrogen and oxygen atoms in total. The van der Waals surface area contributed by atoms with Crippen molar-refractivity contribution in [3.63, 3.8) is 0 Å². The molecular weight excluding hydrogens is 352 g/mol. The van der Waals surface area contributed by atoms with E-state index in [4.69, 9.17) is 9.47 Å². The first-order chi connectivity index (χ1) is 12.9. The van der Waals surface area contributed by atoms with E-state index in [9.17, 15) is 14.9 Å². The fourth-order valence-corrected chi connectivity index (χ4v) is 2.59. The van der Waals surface area contributed by atoms with Gasteiger partial charge in [-0.2, -0.15) is 9.78 Å². The molecule has 0 atom stereocenters. The van der Waals surface area contributed by atoms with Gasteiger partial charge >= 0.3 is 0 Å². The number of hydrogen-bond donors (Lipinski definition) is 0. The molecule has 0 amide bonds. The number of aryl methyl sites for hydroxylation is 1. The smallest absolute Gasteiger partial charge is 0.282 e. The van der Waals surface area contributed by atoms with Gasteiger partial charge in [-0.15, -0.1) is 0 Å².